The van der Waals surface area contributed by atoms with Gasteiger partial charge >= 0.3 is 0 Å². The van der Waals surface area contributed by atoms with Gasteiger partial charge in [-0.05, 0) is 91.8 Å². The van der Waals surface area contributed by atoms with Gasteiger partial charge in [0.05, 0.1) is 23.4 Å². The van der Waals surface area contributed by atoms with Crippen LogP contribution in [0.2, 0.25) is 0 Å². The van der Waals surface area contributed by atoms with Crippen LogP contribution in [0, 0.1) is 5.92 Å². The molecule has 23 heteroatoms. The van der Waals surface area contributed by atoms with Crippen molar-refractivity contribution < 1.29 is 47.9 Å². The van der Waals surface area contributed by atoms with Gasteiger partial charge in [-0.1, -0.05) is 117 Å². The quantitative estimate of drug-likeness (QED) is 0.0294. The van der Waals surface area contributed by atoms with Crippen LogP contribution in [-0.2, 0) is 80.0 Å². The first-order valence-corrected chi connectivity index (χ1v) is 30.4. The molecule has 10 N–H and O–H groups in total. The molecule has 89 heavy (non-hydrogen) atoms. The Balaban J connectivity index is 0.989. The Labute approximate surface area is 515 Å². The lowest BCUT2D eigenvalue weighted by molar-refractivity contribution is -0.142. The maximum absolute atomic E-state index is 15.3. The largest absolute Gasteiger partial charge is 0.368 e. The number of aromatic amines is 1. The molecule has 0 saturated carbocycles. The van der Waals surface area contributed by atoms with E-state index in [1.165, 1.54) is 26.6 Å². The van der Waals surface area contributed by atoms with Crippen molar-refractivity contribution in [3.63, 3.8) is 0 Å². The van der Waals surface area contributed by atoms with E-state index in [1.54, 1.807) is 80.0 Å². The number of hydrogen-bond acceptors (Lipinski definition) is 12. The smallest absolute Gasteiger partial charge is 0.246 e. The summed E-state index contributed by atoms with van der Waals surface area (Å²) in [5.41, 5.74) is 10.2. The Morgan fingerprint density at radius 3 is 1.76 bits per heavy atom. The second kappa shape index (κ2) is 30.2. The van der Waals surface area contributed by atoms with Gasteiger partial charge in [-0.3, -0.25) is 57.1 Å². The van der Waals surface area contributed by atoms with Gasteiger partial charge < -0.3 is 52.8 Å². The van der Waals surface area contributed by atoms with E-state index < -0.39 is 95.6 Å². The van der Waals surface area contributed by atoms with Crippen molar-refractivity contribution in [1.29, 1.82) is 0 Å². The number of nitrogens with two attached hydrogens (primary N) is 1. The molecule has 2 aliphatic heterocycles. The highest BCUT2D eigenvalue weighted by Gasteiger charge is 2.41. The van der Waals surface area contributed by atoms with Crippen molar-refractivity contribution >= 4 is 81.9 Å². The zero-order valence-electron chi connectivity index (χ0n) is 49.9. The van der Waals surface area contributed by atoms with Crippen LogP contribution in [-0.4, -0.2) is 146 Å². The van der Waals surface area contributed by atoms with Crippen LogP contribution in [0.3, 0.4) is 0 Å². The summed E-state index contributed by atoms with van der Waals surface area (Å²) in [5.74, 6) is -5.80. The third-order valence-corrected chi connectivity index (χ3v) is 17.0. The maximum atomic E-state index is 15.3. The van der Waals surface area contributed by atoms with Gasteiger partial charge in [-0.2, -0.15) is 0 Å². The molecule has 0 aliphatic carbocycles. The molecule has 9 atom stereocenters. The van der Waals surface area contributed by atoms with Crippen LogP contribution >= 0.6 is 0 Å². The zero-order chi connectivity index (χ0) is 63.0. The third kappa shape index (κ3) is 16.1. The summed E-state index contributed by atoms with van der Waals surface area (Å²) in [6.07, 6.45) is 10.5. The molecule has 5 heterocycles. The number of aryl methyl sites for hydroxylation is 1. The fraction of sp³-hybridized carbons (Fsp3) is 0.379. The predicted molar refractivity (Wildman–Crippen MR) is 333 cm³/mol. The second-order valence-corrected chi connectivity index (χ2v) is 23.0. The topological polar surface area (TPSA) is 323 Å². The number of para-hydroxylation sites is 2. The minimum atomic E-state index is -1.45. The molecule has 2 saturated heterocycles. The average Bonchev–Trinajstić information content (AvgIpc) is 2.68. The van der Waals surface area contributed by atoms with Gasteiger partial charge in [0.1, 0.15) is 42.3 Å². The Bertz CT molecular complexity index is 3640. The number of likely N-dealkylation sites (tertiary alicyclic amines) is 1. The number of primary amides is 1. The monoisotopic (exact) mass is 1210 g/mol. The van der Waals surface area contributed by atoms with Crippen molar-refractivity contribution in [1.82, 2.24) is 61.2 Å². The highest BCUT2D eigenvalue weighted by molar-refractivity contribution is 5.99. The molecular weight excluding hydrogens is 1130 g/mol. The number of nitrogens with one attached hydrogen (secondary N) is 8. The van der Waals surface area contributed by atoms with Gasteiger partial charge in [0.25, 0.3) is 0 Å². The van der Waals surface area contributed by atoms with E-state index in [4.69, 9.17) is 5.73 Å². The number of nitrogens with zero attached hydrogens (tertiary/aromatic N) is 4. The van der Waals surface area contributed by atoms with Crippen LogP contribution in [0.25, 0.3) is 21.8 Å². The van der Waals surface area contributed by atoms with Crippen LogP contribution in [0.5, 0.6) is 0 Å². The lowest BCUT2D eigenvalue weighted by Crippen LogP contribution is -2.61. The molecule has 7 aromatic rings. The standard InChI is InChI=1S/C66H77N13O10/c1-3-41(2)58(65(88)72-51(59(67)82)31-43-19-8-5-9-20-43)76-61(84)50(24-14-21-42-17-6-4-7-18-42)71-63(86)53(34-46-35-68-38-70-46)73-62(85)52(32-44-36-77(39-80)55-26-12-10-22-47(44)55)74-64(87)57-28-16-30-79(57)66(89)54(75-60(83)49-25-15-29-69-49)33-45-37-78(40-81)56-27-13-11-23-48(45)56/h4-13,17-20,22-23,26-27,35-41,49-54,57-58,69H,3,14-16,21,24-25,28-34H2,1-2H3,(H2,67,82)(H,68,70)(H,71,86)(H,72,88)(H,73,85)(H,74,87)(H,75,83)(H,76,84)/t41-,49-,50-,51-,52-,53-,54-,57-,58-/m0/s1. The first-order chi connectivity index (χ1) is 43.1. The number of amides is 8. The summed E-state index contributed by atoms with van der Waals surface area (Å²) in [7, 11) is 0. The predicted octanol–water partition coefficient (Wildman–Crippen LogP) is 2.87. The summed E-state index contributed by atoms with van der Waals surface area (Å²) >= 11 is 0. The van der Waals surface area contributed by atoms with Crippen molar-refractivity contribution in [2.75, 3.05) is 13.1 Å². The minimum absolute atomic E-state index is 0.00894. The molecule has 2 fully saturated rings. The molecule has 4 aromatic carbocycles. The SMILES string of the molecule is CC[C@H](C)[C@H](NC(=O)[C@H](CCCc1ccccc1)NC(=O)[C@H](Cc1cnc[nH]1)NC(=O)[C@H](Cc1cn(C=O)c2ccccc12)NC(=O)[C@@H]1CCCN1C(=O)[C@H](Cc1cn(C=O)c2ccccc12)NC(=O)[C@@H]1CCCN1)C(=O)N[C@@H](Cc1ccccc1)C(N)=O. The Kier molecular flexibility index (Phi) is 21.6. The van der Waals surface area contributed by atoms with Crippen molar-refractivity contribution in [2.45, 2.75) is 139 Å². The van der Waals surface area contributed by atoms with Gasteiger partial charge in [0.2, 0.25) is 60.1 Å². The summed E-state index contributed by atoms with van der Waals surface area (Å²) in [4.78, 5) is 149. The van der Waals surface area contributed by atoms with E-state index in [2.05, 4.69) is 47.2 Å². The van der Waals surface area contributed by atoms with Gasteiger partial charge in [-0.15, -0.1) is 0 Å². The number of fused-ring (bicyclic) bond motifs is 2. The molecule has 23 nitrogen and oxygen atoms in total. The van der Waals surface area contributed by atoms with Crippen LogP contribution in [0.15, 0.2) is 134 Å². The normalized spacial score (nSPS) is 17.1. The van der Waals surface area contributed by atoms with E-state index in [0.717, 1.165) is 17.5 Å². The Hall–Kier alpha value is -9.77. The molecular formula is C66H77N13O10. The molecule has 8 amide bonds. The second-order valence-electron chi connectivity index (χ2n) is 23.0. The first-order valence-electron chi connectivity index (χ1n) is 30.4. The minimum Gasteiger partial charge on any atom is -0.368 e. The summed E-state index contributed by atoms with van der Waals surface area (Å²) < 4.78 is 2.77. The summed E-state index contributed by atoms with van der Waals surface area (Å²) in [6, 6.07) is 23.5. The number of hydrogen-bond donors (Lipinski definition) is 9. The number of imidazole rings is 1. The summed E-state index contributed by atoms with van der Waals surface area (Å²) in [6.45, 7) is 4.39. The molecule has 0 spiro atoms. The Morgan fingerprint density at radius 2 is 1.18 bits per heavy atom. The fourth-order valence-electron chi connectivity index (χ4n) is 11.9. The molecule has 466 valence electrons. The third-order valence-electron chi connectivity index (χ3n) is 17.0. The fourth-order valence-corrected chi connectivity index (χ4v) is 11.9. The van der Waals surface area contributed by atoms with Crippen LogP contribution in [0.4, 0.5) is 0 Å². The lowest BCUT2D eigenvalue weighted by atomic mass is 9.96. The number of rotatable bonds is 30. The molecule has 2 aliphatic rings. The highest BCUT2D eigenvalue weighted by Crippen LogP contribution is 2.27. The van der Waals surface area contributed by atoms with Gasteiger partial charge in [-0.25, -0.2) is 4.98 Å². The van der Waals surface area contributed by atoms with Crippen LogP contribution in [0.1, 0.15) is 86.7 Å². The maximum Gasteiger partial charge on any atom is 0.246 e. The van der Waals surface area contributed by atoms with Crippen molar-refractivity contribution in [3.8, 4) is 0 Å². The zero-order valence-corrected chi connectivity index (χ0v) is 49.9. The molecule has 3 aromatic heterocycles. The lowest BCUT2D eigenvalue weighted by Gasteiger charge is -2.31. The molecule has 0 radical (unpaired) electrons. The van der Waals surface area contributed by atoms with E-state index in [1.807, 2.05) is 55.5 Å². The van der Waals surface area contributed by atoms with Crippen LogP contribution < -0.4 is 43.0 Å². The average molecular weight is 1210 g/mol. The van der Waals surface area contributed by atoms with E-state index in [-0.39, 0.29) is 51.0 Å². The Morgan fingerprint density at radius 1 is 0.618 bits per heavy atom. The van der Waals surface area contributed by atoms with E-state index in [9.17, 15) is 28.8 Å². The van der Waals surface area contributed by atoms with E-state index in [0.29, 0.717) is 90.1 Å². The van der Waals surface area contributed by atoms with Crippen molar-refractivity contribution in [3.05, 3.63) is 162 Å². The highest BCUT2D eigenvalue weighted by atomic mass is 16.2. The van der Waals surface area contributed by atoms with Crippen molar-refractivity contribution in [2.24, 2.45) is 11.7 Å². The summed E-state index contributed by atoms with van der Waals surface area (Å²) in [5, 5.41) is 21.7. The van der Waals surface area contributed by atoms with Gasteiger partial charge in [0, 0.05) is 67.3 Å². The number of H-pyrrole nitrogens is 1. The molecule has 0 bridgehead atoms. The number of benzene rings is 4. The van der Waals surface area contributed by atoms with E-state index >= 15 is 19.2 Å². The molecule has 9 rings (SSSR count). The number of carbonyl (C=O) groups is 10. The molecule has 0 unspecified atom stereocenters. The number of aromatic nitrogens is 4. The number of carbonyl (C=O) groups excluding carboxylic acids is 10. The first kappa shape index (κ1) is 63.7. The van der Waals surface area contributed by atoms with Gasteiger partial charge in [0.15, 0.2) is 0 Å².